The molecule has 4 saturated carbocycles. The number of benzene rings is 2. The molecular formula is C23H22ClNO. The van der Waals surface area contributed by atoms with Crippen LogP contribution in [0.5, 0.6) is 0 Å². The van der Waals surface area contributed by atoms with Crippen molar-refractivity contribution in [2.24, 2.45) is 23.7 Å². The quantitative estimate of drug-likeness (QED) is 0.631. The summed E-state index contributed by atoms with van der Waals surface area (Å²) in [6.07, 6.45) is 5.88. The van der Waals surface area contributed by atoms with Gasteiger partial charge in [-0.25, -0.2) is 4.85 Å². The average molecular weight is 364 g/mol. The van der Waals surface area contributed by atoms with Crippen LogP contribution in [-0.2, 0) is 5.60 Å². The van der Waals surface area contributed by atoms with E-state index in [-0.39, 0.29) is 0 Å². The molecule has 4 aliphatic carbocycles. The highest BCUT2D eigenvalue weighted by molar-refractivity contribution is 6.30. The number of hydrogen-bond acceptors (Lipinski definition) is 1. The van der Waals surface area contributed by atoms with Gasteiger partial charge in [0.2, 0.25) is 0 Å². The minimum absolute atomic E-state index is 0.325. The van der Waals surface area contributed by atoms with Crippen molar-refractivity contribution in [3.8, 4) is 11.1 Å². The Morgan fingerprint density at radius 1 is 0.923 bits per heavy atom. The van der Waals surface area contributed by atoms with E-state index in [2.05, 4.69) is 4.85 Å². The van der Waals surface area contributed by atoms with E-state index in [0.717, 1.165) is 54.2 Å². The molecule has 0 heterocycles. The topological polar surface area (TPSA) is 24.6 Å². The summed E-state index contributed by atoms with van der Waals surface area (Å²) in [7, 11) is 0. The fourth-order valence-electron chi connectivity index (χ4n) is 6.16. The van der Waals surface area contributed by atoms with Crippen LogP contribution in [0, 0.1) is 30.2 Å². The maximum Gasteiger partial charge on any atom is 0.187 e. The molecule has 2 nitrogen and oxygen atoms in total. The molecule has 132 valence electrons. The first-order valence-electron chi connectivity index (χ1n) is 9.58. The number of aliphatic hydroxyl groups is 1. The first-order chi connectivity index (χ1) is 12.6. The fourth-order valence-corrected chi connectivity index (χ4v) is 6.28. The Morgan fingerprint density at radius 3 is 2.12 bits per heavy atom. The zero-order valence-corrected chi connectivity index (χ0v) is 15.4. The molecule has 3 heteroatoms. The highest BCUT2D eigenvalue weighted by Gasteiger charge is 2.57. The summed E-state index contributed by atoms with van der Waals surface area (Å²) < 4.78 is 0. The summed E-state index contributed by atoms with van der Waals surface area (Å²) in [5.41, 5.74) is 2.87. The third kappa shape index (κ3) is 2.34. The summed E-state index contributed by atoms with van der Waals surface area (Å²) in [5.74, 6) is 2.23. The number of halogens is 1. The lowest BCUT2D eigenvalue weighted by Crippen LogP contribution is -2.55. The number of nitrogens with zero attached hydrogens (tertiary/aromatic N) is 1. The Kier molecular flexibility index (Phi) is 3.68. The highest BCUT2D eigenvalue weighted by Crippen LogP contribution is 2.62. The van der Waals surface area contributed by atoms with Crippen LogP contribution >= 0.6 is 11.6 Å². The molecule has 6 rings (SSSR count). The zero-order valence-electron chi connectivity index (χ0n) is 14.7. The third-order valence-corrected chi connectivity index (χ3v) is 7.35. The Morgan fingerprint density at radius 2 is 1.54 bits per heavy atom. The summed E-state index contributed by atoms with van der Waals surface area (Å²) in [5, 5.41) is 12.8. The number of hydrogen-bond donors (Lipinski definition) is 1. The molecule has 0 aliphatic heterocycles. The molecule has 2 aromatic rings. The molecule has 26 heavy (non-hydrogen) atoms. The molecule has 0 radical (unpaired) electrons. The summed E-state index contributed by atoms with van der Waals surface area (Å²) in [6.45, 7) is 7.45. The van der Waals surface area contributed by atoms with Gasteiger partial charge in [0.15, 0.2) is 5.69 Å². The van der Waals surface area contributed by atoms with Crippen LogP contribution in [0.15, 0.2) is 42.5 Å². The van der Waals surface area contributed by atoms with Crippen LogP contribution in [-0.4, -0.2) is 5.11 Å². The van der Waals surface area contributed by atoms with Gasteiger partial charge in [0, 0.05) is 5.02 Å². The van der Waals surface area contributed by atoms with Gasteiger partial charge in [0.1, 0.15) is 0 Å². The van der Waals surface area contributed by atoms with Crippen molar-refractivity contribution in [2.45, 2.75) is 37.7 Å². The largest absolute Gasteiger partial charge is 0.385 e. The van der Waals surface area contributed by atoms with Crippen LogP contribution < -0.4 is 0 Å². The van der Waals surface area contributed by atoms with E-state index >= 15 is 0 Å². The molecular weight excluding hydrogens is 342 g/mol. The summed E-state index contributed by atoms with van der Waals surface area (Å²) in [4.78, 5) is 3.64. The lowest BCUT2D eigenvalue weighted by Gasteiger charge is -2.59. The van der Waals surface area contributed by atoms with E-state index in [0.29, 0.717) is 22.5 Å². The van der Waals surface area contributed by atoms with Crippen molar-refractivity contribution in [3.05, 3.63) is 64.5 Å². The molecule has 0 spiro atoms. The van der Waals surface area contributed by atoms with Gasteiger partial charge in [-0.15, -0.1) is 0 Å². The van der Waals surface area contributed by atoms with Crippen molar-refractivity contribution in [1.29, 1.82) is 0 Å². The van der Waals surface area contributed by atoms with Crippen LogP contribution in [0.25, 0.3) is 16.0 Å². The smallest absolute Gasteiger partial charge is 0.187 e. The molecule has 0 unspecified atom stereocenters. The van der Waals surface area contributed by atoms with Crippen molar-refractivity contribution in [1.82, 2.24) is 0 Å². The lowest BCUT2D eigenvalue weighted by molar-refractivity contribution is -0.179. The van der Waals surface area contributed by atoms with E-state index in [4.69, 9.17) is 18.2 Å². The summed E-state index contributed by atoms with van der Waals surface area (Å²) >= 11 is 6.07. The van der Waals surface area contributed by atoms with Crippen LogP contribution in [0.4, 0.5) is 5.69 Å². The van der Waals surface area contributed by atoms with Gasteiger partial charge in [-0.1, -0.05) is 35.9 Å². The van der Waals surface area contributed by atoms with Gasteiger partial charge in [0.05, 0.1) is 12.2 Å². The second kappa shape index (κ2) is 5.84. The van der Waals surface area contributed by atoms with Crippen LogP contribution in [0.3, 0.4) is 0 Å². The van der Waals surface area contributed by atoms with E-state index in [1.807, 2.05) is 42.5 Å². The lowest BCUT2D eigenvalue weighted by atomic mass is 9.48. The Bertz CT molecular complexity index is 867. The Labute approximate surface area is 159 Å². The molecule has 1 N–H and O–H groups in total. The third-order valence-electron chi connectivity index (χ3n) is 7.10. The minimum atomic E-state index is -0.802. The summed E-state index contributed by atoms with van der Waals surface area (Å²) in [6, 6.07) is 13.6. The van der Waals surface area contributed by atoms with Crippen molar-refractivity contribution < 1.29 is 5.11 Å². The second-order valence-electron chi connectivity index (χ2n) is 8.48. The maximum atomic E-state index is 12.0. The first kappa shape index (κ1) is 16.4. The van der Waals surface area contributed by atoms with Crippen LogP contribution in [0.2, 0.25) is 5.02 Å². The standard InChI is InChI=1S/C23H22ClNO/c1-25-20-6-7-21(16-2-4-19(24)5-3-16)22(13-20)23(26)17-9-14-8-15(11-17)12-18(23)10-14/h2-7,13-15,17-18,26H,8-12H2. The Hall–Kier alpha value is -1.82. The molecule has 2 aromatic carbocycles. The van der Waals surface area contributed by atoms with Gasteiger partial charge in [0.25, 0.3) is 0 Å². The predicted octanol–water partition coefficient (Wildman–Crippen LogP) is 6.20. The molecule has 0 saturated heterocycles. The van der Waals surface area contributed by atoms with Crippen LogP contribution in [0.1, 0.15) is 37.7 Å². The molecule has 0 atom stereocenters. The van der Waals surface area contributed by atoms with E-state index in [1.165, 1.54) is 6.42 Å². The van der Waals surface area contributed by atoms with Gasteiger partial charge >= 0.3 is 0 Å². The van der Waals surface area contributed by atoms with Gasteiger partial charge < -0.3 is 5.11 Å². The SMILES string of the molecule is [C-]#[N+]c1ccc(-c2ccc(Cl)cc2)c(C2(O)C3CC4CC(C3)CC2C4)c1. The van der Waals surface area contributed by atoms with Crippen molar-refractivity contribution >= 4 is 17.3 Å². The fraction of sp³-hybridized carbons (Fsp3) is 0.435. The zero-order chi connectivity index (χ0) is 17.9. The maximum absolute atomic E-state index is 12.0. The number of rotatable bonds is 2. The minimum Gasteiger partial charge on any atom is -0.385 e. The van der Waals surface area contributed by atoms with Gasteiger partial charge in [-0.3, -0.25) is 0 Å². The van der Waals surface area contributed by atoms with Crippen molar-refractivity contribution in [2.75, 3.05) is 0 Å². The normalized spacial score (nSPS) is 34.7. The van der Waals surface area contributed by atoms with Crippen molar-refractivity contribution in [3.63, 3.8) is 0 Å². The molecule has 0 amide bonds. The molecule has 0 aromatic heterocycles. The highest BCUT2D eigenvalue weighted by atomic mass is 35.5. The molecule has 4 fully saturated rings. The second-order valence-corrected chi connectivity index (χ2v) is 8.91. The van der Waals surface area contributed by atoms with E-state index < -0.39 is 5.60 Å². The predicted molar refractivity (Wildman–Crippen MR) is 104 cm³/mol. The Balaban J connectivity index is 1.68. The average Bonchev–Trinajstić information content (AvgIpc) is 2.65. The van der Waals surface area contributed by atoms with E-state index in [9.17, 15) is 5.11 Å². The van der Waals surface area contributed by atoms with E-state index in [1.54, 1.807) is 0 Å². The first-order valence-corrected chi connectivity index (χ1v) is 9.96. The van der Waals surface area contributed by atoms with Gasteiger partial charge in [-0.05, 0) is 90.7 Å². The monoisotopic (exact) mass is 363 g/mol. The molecule has 4 aliphatic rings. The molecule has 4 bridgehead atoms. The van der Waals surface area contributed by atoms with Gasteiger partial charge in [-0.2, -0.15) is 0 Å².